The Balaban J connectivity index is 1.60. The van der Waals surface area contributed by atoms with Crippen molar-refractivity contribution in [2.24, 2.45) is 11.8 Å². The number of carbonyl (C=O) groups is 2. The van der Waals surface area contributed by atoms with E-state index in [9.17, 15) is 15.0 Å². The molecule has 6 rings (SSSR count). The quantitative estimate of drug-likeness (QED) is 0.323. The van der Waals surface area contributed by atoms with Crippen LogP contribution >= 0.6 is 0 Å². The fourth-order valence-electron chi connectivity index (χ4n) is 7.61. The predicted molar refractivity (Wildman–Crippen MR) is 170 cm³/mol. The summed E-state index contributed by atoms with van der Waals surface area (Å²) in [6, 6.07) is 19.5. The molecule has 2 amide bonds. The molecule has 1 saturated heterocycles. The van der Waals surface area contributed by atoms with E-state index >= 15 is 4.79 Å². The predicted octanol–water partition coefficient (Wildman–Crippen LogP) is 4.07. The Hall–Kier alpha value is -4.28. The lowest BCUT2D eigenvalue weighted by Gasteiger charge is -2.45. The van der Waals surface area contributed by atoms with Crippen molar-refractivity contribution < 1.29 is 38.7 Å². The highest BCUT2D eigenvalue weighted by Gasteiger charge is 2.76. The summed E-state index contributed by atoms with van der Waals surface area (Å²) in [7, 11) is 4.54. The van der Waals surface area contributed by atoms with Gasteiger partial charge in [0, 0.05) is 30.5 Å². The van der Waals surface area contributed by atoms with Crippen LogP contribution in [0.3, 0.4) is 0 Å². The Kier molecular flexibility index (Phi) is 8.37. The first-order valence-electron chi connectivity index (χ1n) is 15.8. The average Bonchev–Trinajstić information content (AvgIpc) is 3.59. The molecule has 10 heteroatoms. The number of amides is 2. The van der Waals surface area contributed by atoms with Gasteiger partial charge < -0.3 is 39.4 Å². The summed E-state index contributed by atoms with van der Waals surface area (Å²) < 4.78 is 23.6. The fourth-order valence-corrected chi connectivity index (χ4v) is 7.61. The number of hydrogen-bond donors (Lipinski definition) is 3. The molecule has 3 aromatic rings. The Morgan fingerprint density at radius 1 is 1.02 bits per heavy atom. The molecular formula is C36H42N2O8. The largest absolute Gasteiger partial charge is 0.497 e. The first-order chi connectivity index (χ1) is 22.1. The third-order valence-corrected chi connectivity index (χ3v) is 10.1. The molecule has 3 aromatic carbocycles. The van der Waals surface area contributed by atoms with Crippen LogP contribution in [0.4, 0.5) is 0 Å². The molecule has 0 spiro atoms. The molecule has 244 valence electrons. The van der Waals surface area contributed by atoms with Gasteiger partial charge in [0.25, 0.3) is 0 Å². The molecule has 3 aliphatic rings. The topological polar surface area (TPSA) is 127 Å². The number of rotatable bonds is 9. The second kappa shape index (κ2) is 12.1. The van der Waals surface area contributed by atoms with E-state index in [0.29, 0.717) is 48.4 Å². The molecule has 2 heterocycles. The Labute approximate surface area is 269 Å². The number of nitrogens with one attached hydrogen (secondary N) is 1. The van der Waals surface area contributed by atoms with Gasteiger partial charge in [0.05, 0.1) is 32.8 Å². The van der Waals surface area contributed by atoms with E-state index in [1.807, 2.05) is 44.2 Å². The highest BCUT2D eigenvalue weighted by molar-refractivity contribution is 5.86. The van der Waals surface area contributed by atoms with Crippen LogP contribution in [0.5, 0.6) is 23.0 Å². The minimum Gasteiger partial charge on any atom is -0.497 e. The van der Waals surface area contributed by atoms with Gasteiger partial charge in [-0.3, -0.25) is 9.59 Å². The van der Waals surface area contributed by atoms with E-state index < -0.39 is 35.3 Å². The van der Waals surface area contributed by atoms with Crippen molar-refractivity contribution >= 4 is 11.8 Å². The molecule has 2 fully saturated rings. The van der Waals surface area contributed by atoms with Crippen LogP contribution in [0.1, 0.15) is 55.7 Å². The van der Waals surface area contributed by atoms with Crippen molar-refractivity contribution in [3.63, 3.8) is 0 Å². The average molecular weight is 631 g/mol. The summed E-state index contributed by atoms with van der Waals surface area (Å²) in [4.78, 5) is 29.9. The van der Waals surface area contributed by atoms with Crippen molar-refractivity contribution in [1.29, 1.82) is 0 Å². The van der Waals surface area contributed by atoms with E-state index in [0.717, 1.165) is 0 Å². The highest BCUT2D eigenvalue weighted by atomic mass is 16.5. The molecule has 0 radical (unpaired) electrons. The van der Waals surface area contributed by atoms with Gasteiger partial charge in [0.1, 0.15) is 40.9 Å². The number of carbonyl (C=O) groups excluding carboxylic acids is 2. The highest BCUT2D eigenvalue weighted by Crippen LogP contribution is 2.68. The SMILES string of the molecule is CCC(C)C(=O)NC1CCCN1C(=O)[C@H]1[C@H](c2ccccc2)[C@@]2(O)c3c(OC)cc(OC)cc3O[C@]1(c1ccc(OC)cc1)C2O. The molecule has 2 aliphatic heterocycles. The molecule has 3 N–H and O–H groups in total. The zero-order valence-corrected chi connectivity index (χ0v) is 26.9. The van der Waals surface area contributed by atoms with Crippen LogP contribution in [0.15, 0.2) is 66.7 Å². The second-order valence-corrected chi connectivity index (χ2v) is 12.4. The molecule has 1 aliphatic carbocycles. The number of aliphatic hydroxyl groups is 2. The number of benzene rings is 3. The van der Waals surface area contributed by atoms with Gasteiger partial charge in [-0.15, -0.1) is 0 Å². The molecule has 46 heavy (non-hydrogen) atoms. The minimum absolute atomic E-state index is 0.124. The Morgan fingerprint density at radius 3 is 2.35 bits per heavy atom. The zero-order valence-electron chi connectivity index (χ0n) is 26.9. The van der Waals surface area contributed by atoms with Gasteiger partial charge in [0.2, 0.25) is 11.8 Å². The van der Waals surface area contributed by atoms with E-state index in [1.165, 1.54) is 14.2 Å². The van der Waals surface area contributed by atoms with Crippen LogP contribution < -0.4 is 24.3 Å². The maximum atomic E-state index is 15.2. The van der Waals surface area contributed by atoms with Gasteiger partial charge in [-0.25, -0.2) is 0 Å². The number of fused-ring (bicyclic) bond motifs is 4. The summed E-state index contributed by atoms with van der Waals surface area (Å²) in [6.07, 6.45) is -0.206. The zero-order chi connectivity index (χ0) is 32.8. The lowest BCUT2D eigenvalue weighted by atomic mass is 9.74. The molecule has 0 aromatic heterocycles. The Bertz CT molecular complexity index is 1600. The maximum Gasteiger partial charge on any atom is 0.232 e. The van der Waals surface area contributed by atoms with Crippen LogP contribution in [0.2, 0.25) is 0 Å². The molecule has 3 unspecified atom stereocenters. The number of hydrogen-bond acceptors (Lipinski definition) is 8. The standard InChI is InChI=1S/C36H42N2O8/c1-6-21(2)32(39)37-28-13-10-18-38(28)33(40)31-29(22-11-8-7-9-12-22)35(42)30-26(45-5)19-25(44-4)20-27(30)46-36(31,34(35)41)23-14-16-24(43-3)17-15-23/h7-9,11-12,14-17,19-21,28-29,31,34,41-42H,6,10,13,18H2,1-5H3,(H,37,39)/t21?,28?,29-,31+,34?,35+,36-/m0/s1. The summed E-state index contributed by atoms with van der Waals surface area (Å²) in [5, 5.41) is 28.8. The number of likely N-dealkylation sites (tertiary alicyclic amines) is 1. The number of ether oxygens (including phenoxy) is 4. The van der Waals surface area contributed by atoms with Gasteiger partial charge in [-0.05, 0) is 42.5 Å². The van der Waals surface area contributed by atoms with Crippen LogP contribution in [-0.4, -0.2) is 67.1 Å². The molecule has 10 nitrogen and oxygen atoms in total. The molecular weight excluding hydrogens is 588 g/mol. The van der Waals surface area contributed by atoms with Crippen LogP contribution in [0.25, 0.3) is 0 Å². The van der Waals surface area contributed by atoms with E-state index in [2.05, 4.69) is 5.32 Å². The van der Waals surface area contributed by atoms with E-state index in [4.69, 9.17) is 18.9 Å². The van der Waals surface area contributed by atoms with E-state index in [-0.39, 0.29) is 34.8 Å². The fraction of sp³-hybridized carbons (Fsp3) is 0.444. The van der Waals surface area contributed by atoms with E-state index in [1.54, 1.807) is 48.4 Å². The summed E-state index contributed by atoms with van der Waals surface area (Å²) in [6.45, 7) is 4.21. The summed E-state index contributed by atoms with van der Waals surface area (Å²) >= 11 is 0. The van der Waals surface area contributed by atoms with Crippen LogP contribution in [0, 0.1) is 11.8 Å². The monoisotopic (exact) mass is 630 g/mol. The third kappa shape index (κ3) is 4.69. The maximum absolute atomic E-state index is 15.2. The smallest absolute Gasteiger partial charge is 0.232 e. The van der Waals surface area contributed by atoms with Crippen molar-refractivity contribution in [1.82, 2.24) is 10.2 Å². The van der Waals surface area contributed by atoms with Crippen molar-refractivity contribution in [2.45, 2.75) is 62.5 Å². The van der Waals surface area contributed by atoms with Crippen LogP contribution in [-0.2, 0) is 20.8 Å². The number of nitrogens with zero attached hydrogens (tertiary/aromatic N) is 1. The molecule has 7 atom stereocenters. The number of aliphatic hydroxyl groups excluding tert-OH is 1. The van der Waals surface area contributed by atoms with Gasteiger partial charge in [-0.1, -0.05) is 56.3 Å². The van der Waals surface area contributed by atoms with Crippen molar-refractivity contribution in [3.05, 3.63) is 83.4 Å². The first-order valence-corrected chi connectivity index (χ1v) is 15.8. The Morgan fingerprint density at radius 2 is 1.72 bits per heavy atom. The van der Waals surface area contributed by atoms with Gasteiger partial charge in [0.15, 0.2) is 5.60 Å². The van der Waals surface area contributed by atoms with Crippen molar-refractivity contribution in [3.8, 4) is 23.0 Å². The lowest BCUT2D eigenvalue weighted by molar-refractivity contribution is -0.163. The second-order valence-electron chi connectivity index (χ2n) is 12.4. The van der Waals surface area contributed by atoms with Gasteiger partial charge >= 0.3 is 0 Å². The lowest BCUT2D eigenvalue weighted by Crippen LogP contribution is -2.58. The molecule has 2 bridgehead atoms. The molecule has 1 saturated carbocycles. The van der Waals surface area contributed by atoms with Crippen molar-refractivity contribution in [2.75, 3.05) is 27.9 Å². The van der Waals surface area contributed by atoms with Gasteiger partial charge in [-0.2, -0.15) is 0 Å². The first kappa shape index (κ1) is 31.7. The summed E-state index contributed by atoms with van der Waals surface area (Å²) in [5.74, 6) is -1.29. The summed E-state index contributed by atoms with van der Waals surface area (Å²) in [5.41, 5.74) is -2.42. The normalized spacial score (nSPS) is 28.5. The minimum atomic E-state index is -2.04. The number of methoxy groups -OCH3 is 3. The third-order valence-electron chi connectivity index (χ3n) is 10.1.